The van der Waals surface area contributed by atoms with Crippen molar-refractivity contribution in [2.24, 2.45) is 0 Å². The van der Waals surface area contributed by atoms with E-state index in [9.17, 15) is 14.7 Å². The number of aromatic nitrogens is 1. The molecule has 1 aromatic heterocycles. The summed E-state index contributed by atoms with van der Waals surface area (Å²) in [4.78, 5) is 26.3. The molecule has 3 aromatic rings. The fraction of sp³-hybridized carbons (Fsp3) is 0.0500. The Kier molecular flexibility index (Phi) is 5.32. The van der Waals surface area contributed by atoms with Gasteiger partial charge in [-0.25, -0.2) is 4.98 Å². The van der Waals surface area contributed by atoms with Crippen molar-refractivity contribution >= 4 is 11.9 Å². The van der Waals surface area contributed by atoms with Crippen LogP contribution in [0.2, 0.25) is 0 Å². The van der Waals surface area contributed by atoms with Gasteiger partial charge in [-0.1, -0.05) is 30.3 Å². The predicted molar refractivity (Wildman–Crippen MR) is 97.8 cm³/mol. The summed E-state index contributed by atoms with van der Waals surface area (Å²) in [6, 6.07) is 17.9. The molecule has 0 unspecified atom stereocenters. The number of pyridine rings is 1. The van der Waals surface area contributed by atoms with E-state index in [1.165, 1.54) is 12.3 Å². The molecule has 7 heteroatoms. The zero-order chi connectivity index (χ0) is 19.2. The lowest BCUT2D eigenvalue weighted by atomic mass is 10.1. The van der Waals surface area contributed by atoms with E-state index in [0.717, 1.165) is 5.56 Å². The van der Waals surface area contributed by atoms with E-state index in [-0.39, 0.29) is 11.4 Å². The average molecular weight is 364 g/mol. The Balaban J connectivity index is 1.80. The second-order valence-electron chi connectivity index (χ2n) is 5.61. The molecule has 0 atom stereocenters. The van der Waals surface area contributed by atoms with Crippen molar-refractivity contribution in [3.05, 3.63) is 72.6 Å². The number of nitrogens with zero attached hydrogens (tertiary/aromatic N) is 1. The Morgan fingerprint density at radius 3 is 2.41 bits per heavy atom. The molecule has 27 heavy (non-hydrogen) atoms. The van der Waals surface area contributed by atoms with Crippen LogP contribution in [0.5, 0.6) is 17.2 Å². The Morgan fingerprint density at radius 2 is 1.70 bits per heavy atom. The molecule has 0 spiro atoms. The summed E-state index contributed by atoms with van der Waals surface area (Å²) >= 11 is 0. The van der Waals surface area contributed by atoms with Gasteiger partial charge in [0.05, 0.1) is 0 Å². The van der Waals surface area contributed by atoms with Crippen LogP contribution in [0.1, 0.15) is 10.5 Å². The molecule has 3 rings (SSSR count). The van der Waals surface area contributed by atoms with Crippen LogP contribution < -0.4 is 10.1 Å². The first-order valence-electron chi connectivity index (χ1n) is 8.05. The highest BCUT2D eigenvalue weighted by molar-refractivity contribution is 5.96. The zero-order valence-electron chi connectivity index (χ0n) is 14.1. The minimum Gasteiger partial charge on any atom is -0.505 e. The summed E-state index contributed by atoms with van der Waals surface area (Å²) in [5, 5.41) is 20.8. The van der Waals surface area contributed by atoms with Crippen LogP contribution in [0.15, 0.2) is 66.9 Å². The SMILES string of the molecule is O=C(O)CNC(=O)c1ncc(-c2cccc(Oc3ccccc3)c2)cc1O. The molecule has 0 aliphatic heterocycles. The number of para-hydroxylation sites is 1. The minimum absolute atomic E-state index is 0.239. The highest BCUT2D eigenvalue weighted by Crippen LogP contribution is 2.29. The summed E-state index contributed by atoms with van der Waals surface area (Å²) in [5.41, 5.74) is 1.08. The van der Waals surface area contributed by atoms with Crippen molar-refractivity contribution in [3.8, 4) is 28.4 Å². The van der Waals surface area contributed by atoms with E-state index in [1.807, 2.05) is 36.4 Å². The van der Waals surface area contributed by atoms with Gasteiger partial charge in [-0.05, 0) is 35.9 Å². The smallest absolute Gasteiger partial charge is 0.322 e. The molecule has 1 heterocycles. The number of benzene rings is 2. The molecule has 0 saturated carbocycles. The van der Waals surface area contributed by atoms with Crippen LogP contribution in [0.25, 0.3) is 11.1 Å². The Morgan fingerprint density at radius 1 is 0.963 bits per heavy atom. The average Bonchev–Trinajstić information content (AvgIpc) is 2.67. The molecule has 2 aromatic carbocycles. The maximum atomic E-state index is 11.9. The van der Waals surface area contributed by atoms with E-state index < -0.39 is 18.4 Å². The van der Waals surface area contributed by atoms with E-state index in [4.69, 9.17) is 9.84 Å². The maximum Gasteiger partial charge on any atom is 0.322 e. The van der Waals surface area contributed by atoms with Gasteiger partial charge in [0, 0.05) is 11.8 Å². The van der Waals surface area contributed by atoms with Gasteiger partial charge < -0.3 is 20.3 Å². The summed E-state index contributed by atoms with van der Waals surface area (Å²) in [6.07, 6.45) is 1.43. The van der Waals surface area contributed by atoms with E-state index in [2.05, 4.69) is 10.3 Å². The number of aromatic hydroxyl groups is 1. The normalized spacial score (nSPS) is 10.2. The standard InChI is InChI=1S/C20H16N2O5/c23-17-10-14(11-21-19(17)20(26)22-12-18(24)25)13-5-4-8-16(9-13)27-15-6-2-1-3-7-15/h1-11,23H,12H2,(H,22,26)(H,24,25). The highest BCUT2D eigenvalue weighted by Gasteiger charge is 2.15. The molecule has 136 valence electrons. The van der Waals surface area contributed by atoms with Crippen molar-refractivity contribution in [1.29, 1.82) is 0 Å². The molecular formula is C20H16N2O5. The summed E-state index contributed by atoms with van der Waals surface area (Å²) < 4.78 is 5.78. The van der Waals surface area contributed by atoms with Gasteiger partial charge in [0.2, 0.25) is 0 Å². The molecule has 0 fully saturated rings. The first kappa shape index (κ1) is 17.9. The third-order valence-corrected chi connectivity index (χ3v) is 3.63. The molecule has 3 N–H and O–H groups in total. The van der Waals surface area contributed by atoms with Crippen molar-refractivity contribution < 1.29 is 24.5 Å². The van der Waals surface area contributed by atoms with Crippen LogP contribution in [0, 0.1) is 0 Å². The fourth-order valence-corrected chi connectivity index (χ4v) is 2.39. The Bertz CT molecular complexity index is 973. The first-order chi connectivity index (χ1) is 13.0. The van der Waals surface area contributed by atoms with Gasteiger partial charge in [0.15, 0.2) is 5.69 Å². The number of carbonyl (C=O) groups is 2. The van der Waals surface area contributed by atoms with Crippen molar-refractivity contribution in [3.63, 3.8) is 0 Å². The minimum atomic E-state index is -1.19. The fourth-order valence-electron chi connectivity index (χ4n) is 2.39. The number of rotatable bonds is 6. The van der Waals surface area contributed by atoms with Gasteiger partial charge in [0.1, 0.15) is 23.8 Å². The summed E-state index contributed by atoms with van der Waals surface area (Å²) in [7, 11) is 0. The highest BCUT2D eigenvalue weighted by atomic mass is 16.5. The van der Waals surface area contributed by atoms with Gasteiger partial charge in [-0.2, -0.15) is 0 Å². The summed E-state index contributed by atoms with van der Waals surface area (Å²) in [6.45, 7) is -0.555. The van der Waals surface area contributed by atoms with Crippen molar-refractivity contribution in [1.82, 2.24) is 10.3 Å². The van der Waals surface area contributed by atoms with E-state index >= 15 is 0 Å². The third kappa shape index (κ3) is 4.60. The molecule has 0 radical (unpaired) electrons. The predicted octanol–water partition coefficient (Wildman–Crippen LogP) is 3.06. The second kappa shape index (κ2) is 8.01. The lowest BCUT2D eigenvalue weighted by Crippen LogP contribution is -2.29. The first-order valence-corrected chi connectivity index (χ1v) is 8.05. The molecule has 0 aliphatic rings. The molecule has 0 bridgehead atoms. The van der Waals surface area contributed by atoms with Gasteiger partial charge in [-0.15, -0.1) is 0 Å². The number of carboxylic acid groups (broad SMARTS) is 1. The summed E-state index contributed by atoms with van der Waals surface area (Å²) in [5.74, 6) is -0.982. The van der Waals surface area contributed by atoms with E-state index in [1.54, 1.807) is 18.2 Å². The largest absolute Gasteiger partial charge is 0.505 e. The Labute approximate surface area is 154 Å². The van der Waals surface area contributed by atoms with Crippen molar-refractivity contribution in [2.45, 2.75) is 0 Å². The van der Waals surface area contributed by atoms with Crippen LogP contribution >= 0.6 is 0 Å². The van der Waals surface area contributed by atoms with Crippen LogP contribution in [0.3, 0.4) is 0 Å². The molecule has 0 saturated heterocycles. The maximum absolute atomic E-state index is 11.9. The monoisotopic (exact) mass is 364 g/mol. The third-order valence-electron chi connectivity index (χ3n) is 3.63. The number of aliphatic carboxylic acids is 1. The topological polar surface area (TPSA) is 109 Å². The number of ether oxygens (including phenoxy) is 1. The van der Waals surface area contributed by atoms with Crippen LogP contribution in [0.4, 0.5) is 0 Å². The number of carboxylic acids is 1. The van der Waals surface area contributed by atoms with Crippen LogP contribution in [-0.2, 0) is 4.79 Å². The number of nitrogens with one attached hydrogen (secondary N) is 1. The van der Waals surface area contributed by atoms with Gasteiger partial charge in [-0.3, -0.25) is 9.59 Å². The van der Waals surface area contributed by atoms with Gasteiger partial charge >= 0.3 is 5.97 Å². The van der Waals surface area contributed by atoms with Crippen molar-refractivity contribution in [2.75, 3.05) is 6.54 Å². The molecule has 0 aliphatic carbocycles. The Hall–Kier alpha value is -3.87. The lowest BCUT2D eigenvalue weighted by Gasteiger charge is -2.09. The number of hydrogen-bond donors (Lipinski definition) is 3. The van der Waals surface area contributed by atoms with E-state index in [0.29, 0.717) is 17.1 Å². The number of carbonyl (C=O) groups excluding carboxylic acids is 1. The zero-order valence-corrected chi connectivity index (χ0v) is 14.1. The number of amides is 1. The molecule has 1 amide bonds. The number of hydrogen-bond acceptors (Lipinski definition) is 5. The quantitative estimate of drug-likeness (QED) is 0.620. The van der Waals surface area contributed by atoms with Gasteiger partial charge in [0.25, 0.3) is 5.91 Å². The second-order valence-corrected chi connectivity index (χ2v) is 5.61. The molecular weight excluding hydrogens is 348 g/mol. The molecule has 7 nitrogen and oxygen atoms in total. The lowest BCUT2D eigenvalue weighted by molar-refractivity contribution is -0.135. The van der Waals surface area contributed by atoms with Crippen LogP contribution in [-0.4, -0.2) is 33.6 Å².